The van der Waals surface area contributed by atoms with E-state index in [0.29, 0.717) is 0 Å². The molecule has 0 saturated heterocycles. The second kappa shape index (κ2) is 4.83. The van der Waals surface area contributed by atoms with Crippen molar-refractivity contribution in [2.45, 2.75) is 19.2 Å². The van der Waals surface area contributed by atoms with Crippen molar-refractivity contribution in [2.24, 2.45) is 0 Å². The zero-order chi connectivity index (χ0) is 7.56. The standard InChI is InChI=1S/C7H9BrN2.BrH/c1-5-6(2)10-9-4-7(5)3-8;/h4H,3H2,1-2H3;1H. The number of aryl methyl sites for hydroxylation is 1. The third-order valence-electron chi connectivity index (χ3n) is 1.59. The molecule has 0 N–H and O–H groups in total. The molecule has 0 aliphatic rings. The largest absolute Gasteiger partial charge is 0.159 e. The molecule has 0 unspecified atom stereocenters. The predicted molar refractivity (Wildman–Crippen MR) is 54.5 cm³/mol. The van der Waals surface area contributed by atoms with Gasteiger partial charge in [0.25, 0.3) is 0 Å². The Bertz CT molecular complexity index is 238. The van der Waals surface area contributed by atoms with Crippen molar-refractivity contribution in [3.63, 3.8) is 0 Å². The van der Waals surface area contributed by atoms with E-state index in [9.17, 15) is 0 Å². The number of hydrogen-bond donors (Lipinski definition) is 0. The molecular formula is C7H10Br2N2. The molecule has 0 aromatic carbocycles. The summed E-state index contributed by atoms with van der Waals surface area (Å²) < 4.78 is 0. The summed E-state index contributed by atoms with van der Waals surface area (Å²) in [5, 5.41) is 8.61. The SMILES string of the molecule is Br.Cc1nncc(CBr)c1C. The Kier molecular flexibility index (Phi) is 4.84. The fourth-order valence-electron chi connectivity index (χ4n) is 0.724. The fourth-order valence-corrected chi connectivity index (χ4v) is 1.29. The number of halogens is 2. The number of hydrogen-bond acceptors (Lipinski definition) is 2. The van der Waals surface area contributed by atoms with Gasteiger partial charge in [0.1, 0.15) is 0 Å². The summed E-state index contributed by atoms with van der Waals surface area (Å²) in [6.07, 6.45) is 1.79. The number of rotatable bonds is 1. The second-order valence-electron chi connectivity index (χ2n) is 2.21. The first-order valence-electron chi connectivity index (χ1n) is 3.09. The van der Waals surface area contributed by atoms with Gasteiger partial charge < -0.3 is 0 Å². The van der Waals surface area contributed by atoms with Gasteiger partial charge in [-0.25, -0.2) is 0 Å². The topological polar surface area (TPSA) is 25.8 Å². The van der Waals surface area contributed by atoms with E-state index in [-0.39, 0.29) is 17.0 Å². The van der Waals surface area contributed by atoms with Crippen LogP contribution in [0.4, 0.5) is 0 Å². The molecule has 1 heterocycles. The van der Waals surface area contributed by atoms with Crippen LogP contribution in [-0.4, -0.2) is 10.2 Å². The van der Waals surface area contributed by atoms with Crippen LogP contribution in [0.1, 0.15) is 16.8 Å². The van der Waals surface area contributed by atoms with Crippen LogP contribution in [0.5, 0.6) is 0 Å². The molecule has 11 heavy (non-hydrogen) atoms. The van der Waals surface area contributed by atoms with Crippen molar-refractivity contribution >= 4 is 32.9 Å². The van der Waals surface area contributed by atoms with Crippen molar-refractivity contribution in [1.29, 1.82) is 0 Å². The van der Waals surface area contributed by atoms with Crippen molar-refractivity contribution in [3.05, 3.63) is 23.0 Å². The van der Waals surface area contributed by atoms with Gasteiger partial charge in [-0.05, 0) is 25.0 Å². The third-order valence-corrected chi connectivity index (χ3v) is 2.19. The Labute approximate surface area is 85.3 Å². The van der Waals surface area contributed by atoms with Gasteiger partial charge in [0.15, 0.2) is 0 Å². The van der Waals surface area contributed by atoms with Crippen molar-refractivity contribution in [3.8, 4) is 0 Å². The molecule has 0 aliphatic heterocycles. The molecule has 4 heteroatoms. The second-order valence-corrected chi connectivity index (χ2v) is 2.77. The Morgan fingerprint density at radius 3 is 2.55 bits per heavy atom. The summed E-state index contributed by atoms with van der Waals surface area (Å²) in [4.78, 5) is 0. The lowest BCUT2D eigenvalue weighted by Gasteiger charge is -2.01. The Balaban J connectivity index is 0.000001000. The maximum absolute atomic E-state index is 3.92. The van der Waals surface area contributed by atoms with Gasteiger partial charge in [-0.15, -0.1) is 17.0 Å². The molecule has 0 atom stereocenters. The molecule has 0 amide bonds. The van der Waals surface area contributed by atoms with E-state index in [1.54, 1.807) is 6.20 Å². The van der Waals surface area contributed by atoms with Crippen molar-refractivity contribution in [2.75, 3.05) is 0 Å². The van der Waals surface area contributed by atoms with E-state index < -0.39 is 0 Å². The quantitative estimate of drug-likeness (QED) is 0.740. The minimum Gasteiger partial charge on any atom is -0.159 e. The maximum atomic E-state index is 3.92. The Morgan fingerprint density at radius 2 is 2.09 bits per heavy atom. The van der Waals surface area contributed by atoms with Crippen LogP contribution in [0.15, 0.2) is 6.20 Å². The zero-order valence-electron chi connectivity index (χ0n) is 6.47. The van der Waals surface area contributed by atoms with E-state index in [1.807, 2.05) is 6.92 Å². The van der Waals surface area contributed by atoms with E-state index in [1.165, 1.54) is 11.1 Å². The highest BCUT2D eigenvalue weighted by Gasteiger charge is 1.99. The van der Waals surface area contributed by atoms with Gasteiger partial charge in [-0.3, -0.25) is 0 Å². The predicted octanol–water partition coefficient (Wildman–Crippen LogP) is 2.57. The molecule has 0 spiro atoms. The van der Waals surface area contributed by atoms with Crippen LogP contribution in [0, 0.1) is 13.8 Å². The van der Waals surface area contributed by atoms with Crippen LogP contribution < -0.4 is 0 Å². The Hall–Kier alpha value is 0.0400. The minimum absolute atomic E-state index is 0. The lowest BCUT2D eigenvalue weighted by atomic mass is 10.1. The number of nitrogens with zero attached hydrogens (tertiary/aromatic N) is 2. The highest BCUT2D eigenvalue weighted by molar-refractivity contribution is 9.08. The summed E-state index contributed by atoms with van der Waals surface area (Å²) in [6.45, 7) is 4.02. The van der Waals surface area contributed by atoms with E-state index in [2.05, 4.69) is 33.1 Å². The average Bonchev–Trinajstić information content (AvgIpc) is 1.95. The molecule has 1 aromatic heterocycles. The van der Waals surface area contributed by atoms with E-state index >= 15 is 0 Å². The van der Waals surface area contributed by atoms with Crippen LogP contribution in [-0.2, 0) is 5.33 Å². The lowest BCUT2D eigenvalue weighted by molar-refractivity contribution is 0.942. The first kappa shape index (κ1) is 11.0. The summed E-state index contributed by atoms with van der Waals surface area (Å²) in [6, 6.07) is 0. The fraction of sp³-hybridized carbons (Fsp3) is 0.429. The van der Waals surface area contributed by atoms with E-state index in [4.69, 9.17) is 0 Å². The van der Waals surface area contributed by atoms with Crippen LogP contribution in [0.3, 0.4) is 0 Å². The van der Waals surface area contributed by atoms with E-state index in [0.717, 1.165) is 11.0 Å². The summed E-state index contributed by atoms with van der Waals surface area (Å²) >= 11 is 3.37. The summed E-state index contributed by atoms with van der Waals surface area (Å²) in [5.74, 6) is 0. The van der Waals surface area contributed by atoms with Gasteiger partial charge in [-0.2, -0.15) is 10.2 Å². The van der Waals surface area contributed by atoms with Gasteiger partial charge in [0, 0.05) is 5.33 Å². The van der Waals surface area contributed by atoms with Crippen LogP contribution in [0.25, 0.3) is 0 Å². The molecule has 1 aromatic rings. The van der Waals surface area contributed by atoms with Gasteiger partial charge in [0.05, 0.1) is 11.9 Å². The van der Waals surface area contributed by atoms with Crippen molar-refractivity contribution < 1.29 is 0 Å². The molecular weight excluding hydrogens is 272 g/mol. The van der Waals surface area contributed by atoms with Gasteiger partial charge in [0.2, 0.25) is 0 Å². The highest BCUT2D eigenvalue weighted by atomic mass is 79.9. The normalized spacial score (nSPS) is 9.00. The van der Waals surface area contributed by atoms with Gasteiger partial charge >= 0.3 is 0 Å². The molecule has 0 aliphatic carbocycles. The smallest absolute Gasteiger partial charge is 0.0632 e. The molecule has 2 nitrogen and oxygen atoms in total. The highest BCUT2D eigenvalue weighted by Crippen LogP contribution is 2.11. The number of aromatic nitrogens is 2. The molecule has 62 valence electrons. The summed E-state index contributed by atoms with van der Waals surface area (Å²) in [7, 11) is 0. The number of alkyl halides is 1. The molecule has 0 saturated carbocycles. The van der Waals surface area contributed by atoms with Gasteiger partial charge in [-0.1, -0.05) is 15.9 Å². The zero-order valence-corrected chi connectivity index (χ0v) is 9.76. The van der Waals surface area contributed by atoms with Crippen molar-refractivity contribution in [1.82, 2.24) is 10.2 Å². The van der Waals surface area contributed by atoms with Crippen LogP contribution >= 0.6 is 32.9 Å². The Morgan fingerprint density at radius 1 is 1.45 bits per heavy atom. The minimum atomic E-state index is 0. The molecule has 0 bridgehead atoms. The summed E-state index contributed by atoms with van der Waals surface area (Å²) in [5.41, 5.74) is 3.45. The molecule has 0 fully saturated rings. The molecule has 0 radical (unpaired) electrons. The lowest BCUT2D eigenvalue weighted by Crippen LogP contribution is -1.94. The third kappa shape index (κ3) is 2.52. The average molecular weight is 282 g/mol. The first-order chi connectivity index (χ1) is 4.75. The molecule has 1 rings (SSSR count). The monoisotopic (exact) mass is 280 g/mol. The maximum Gasteiger partial charge on any atom is 0.0632 e. The first-order valence-corrected chi connectivity index (χ1v) is 4.21. The van der Waals surface area contributed by atoms with Crippen LogP contribution in [0.2, 0.25) is 0 Å².